The van der Waals surface area contributed by atoms with Crippen LogP contribution in [0.15, 0.2) is 4.90 Å². The molecule has 3 rings (SSSR count). The zero-order valence-electron chi connectivity index (χ0n) is 11.8. The molecule has 116 valence electrons. The largest absolute Gasteiger partial charge is 0.334 e. The highest BCUT2D eigenvalue weighted by molar-refractivity contribution is 8.13. The average molecular weight is 332 g/mol. The lowest BCUT2D eigenvalue weighted by Crippen LogP contribution is -2.34. The SMILES string of the molecule is CCCN(C(=O)c1n[nH]c(C2CC2)c1S(=O)(=O)Cl)C1CC1. The number of carbonyl (C=O) groups excluding carboxylic acids is 1. The van der Waals surface area contributed by atoms with Gasteiger partial charge in [-0.25, -0.2) is 8.42 Å². The third-order valence-corrected chi connectivity index (χ3v) is 5.26. The number of amides is 1. The minimum atomic E-state index is -3.99. The maximum absolute atomic E-state index is 12.7. The van der Waals surface area contributed by atoms with Crippen LogP contribution in [0.25, 0.3) is 0 Å². The first kappa shape index (κ1) is 14.8. The molecule has 0 bridgehead atoms. The summed E-state index contributed by atoms with van der Waals surface area (Å²) in [6, 6.07) is 0.212. The van der Waals surface area contributed by atoms with Gasteiger partial charge >= 0.3 is 0 Å². The van der Waals surface area contributed by atoms with Gasteiger partial charge < -0.3 is 4.90 Å². The van der Waals surface area contributed by atoms with Gasteiger partial charge in [0.2, 0.25) is 0 Å². The van der Waals surface area contributed by atoms with Crippen LogP contribution in [0.5, 0.6) is 0 Å². The molecule has 2 saturated carbocycles. The van der Waals surface area contributed by atoms with E-state index in [1.807, 2.05) is 6.92 Å². The van der Waals surface area contributed by atoms with Crippen LogP contribution in [0, 0.1) is 0 Å². The Morgan fingerprint density at radius 1 is 1.38 bits per heavy atom. The highest BCUT2D eigenvalue weighted by atomic mass is 35.7. The molecule has 2 aliphatic carbocycles. The Morgan fingerprint density at radius 2 is 2.05 bits per heavy atom. The van der Waals surface area contributed by atoms with Crippen molar-refractivity contribution in [2.75, 3.05) is 6.54 Å². The van der Waals surface area contributed by atoms with E-state index in [4.69, 9.17) is 10.7 Å². The predicted octanol–water partition coefficient (Wildman–Crippen LogP) is 2.23. The van der Waals surface area contributed by atoms with Gasteiger partial charge in [0.15, 0.2) is 5.69 Å². The molecule has 1 aromatic rings. The summed E-state index contributed by atoms with van der Waals surface area (Å²) in [7, 11) is 1.55. The molecule has 8 heteroatoms. The van der Waals surface area contributed by atoms with Crippen LogP contribution in [0.2, 0.25) is 0 Å². The molecular weight excluding hydrogens is 314 g/mol. The Hall–Kier alpha value is -1.08. The van der Waals surface area contributed by atoms with Crippen molar-refractivity contribution in [2.45, 2.75) is 55.9 Å². The van der Waals surface area contributed by atoms with E-state index in [0.29, 0.717) is 12.2 Å². The van der Waals surface area contributed by atoms with Gasteiger partial charge in [0.25, 0.3) is 15.0 Å². The van der Waals surface area contributed by atoms with Crippen molar-refractivity contribution in [2.24, 2.45) is 0 Å². The fourth-order valence-electron chi connectivity index (χ4n) is 2.60. The number of nitrogens with zero attached hydrogens (tertiary/aromatic N) is 2. The summed E-state index contributed by atoms with van der Waals surface area (Å²) in [6.45, 7) is 2.60. The third-order valence-electron chi connectivity index (χ3n) is 3.89. The van der Waals surface area contributed by atoms with Crippen LogP contribution in [0.4, 0.5) is 0 Å². The molecular formula is C13H18ClN3O3S. The molecule has 0 aromatic carbocycles. The van der Waals surface area contributed by atoms with E-state index in [1.54, 1.807) is 4.90 Å². The number of H-pyrrole nitrogens is 1. The van der Waals surface area contributed by atoms with Gasteiger partial charge in [-0.3, -0.25) is 9.89 Å². The molecule has 2 fully saturated rings. The zero-order chi connectivity index (χ0) is 15.2. The molecule has 21 heavy (non-hydrogen) atoms. The Kier molecular flexibility index (Phi) is 3.73. The maximum Gasteiger partial charge on any atom is 0.276 e. The minimum Gasteiger partial charge on any atom is -0.334 e. The number of carbonyl (C=O) groups is 1. The second-order valence-electron chi connectivity index (χ2n) is 5.76. The first-order valence-electron chi connectivity index (χ1n) is 7.27. The molecule has 1 aromatic heterocycles. The van der Waals surface area contributed by atoms with Crippen molar-refractivity contribution >= 4 is 25.6 Å². The zero-order valence-corrected chi connectivity index (χ0v) is 13.4. The van der Waals surface area contributed by atoms with E-state index >= 15 is 0 Å². The normalized spacial score (nSPS) is 18.8. The summed E-state index contributed by atoms with van der Waals surface area (Å²) in [4.78, 5) is 14.3. The molecule has 0 unspecified atom stereocenters. The molecule has 1 heterocycles. The summed E-state index contributed by atoms with van der Waals surface area (Å²) in [5.74, 6) is -0.204. The topological polar surface area (TPSA) is 83.1 Å². The highest BCUT2D eigenvalue weighted by Crippen LogP contribution is 2.43. The van der Waals surface area contributed by atoms with Crippen LogP contribution in [-0.4, -0.2) is 42.0 Å². The lowest BCUT2D eigenvalue weighted by molar-refractivity contribution is 0.0733. The second kappa shape index (κ2) is 5.28. The first-order chi connectivity index (χ1) is 9.93. The smallest absolute Gasteiger partial charge is 0.276 e. The van der Waals surface area contributed by atoms with Crippen molar-refractivity contribution in [3.05, 3.63) is 11.4 Å². The highest BCUT2D eigenvalue weighted by Gasteiger charge is 2.40. The van der Waals surface area contributed by atoms with Crippen molar-refractivity contribution in [1.82, 2.24) is 15.1 Å². The average Bonchev–Trinajstić information content (AvgIpc) is 3.32. The van der Waals surface area contributed by atoms with Gasteiger partial charge in [-0.15, -0.1) is 0 Å². The van der Waals surface area contributed by atoms with Crippen molar-refractivity contribution in [3.8, 4) is 0 Å². The van der Waals surface area contributed by atoms with Crippen molar-refractivity contribution in [1.29, 1.82) is 0 Å². The standard InChI is InChI=1S/C13H18ClN3O3S/c1-2-7-17(9-5-6-9)13(18)11-12(21(14,19)20)10(15-16-11)8-3-4-8/h8-9H,2-7H2,1H3,(H,15,16). The lowest BCUT2D eigenvalue weighted by Gasteiger charge is -2.20. The Bertz CT molecular complexity index is 662. The fourth-order valence-corrected chi connectivity index (χ4v) is 3.91. The summed E-state index contributed by atoms with van der Waals surface area (Å²) < 4.78 is 23.7. The van der Waals surface area contributed by atoms with Crippen LogP contribution >= 0.6 is 10.7 Å². The summed E-state index contributed by atoms with van der Waals surface area (Å²) >= 11 is 0. The Labute approximate surface area is 128 Å². The van der Waals surface area contributed by atoms with Gasteiger partial charge in [-0.05, 0) is 32.1 Å². The molecule has 6 nitrogen and oxygen atoms in total. The second-order valence-corrected chi connectivity index (χ2v) is 8.26. The monoisotopic (exact) mass is 331 g/mol. The van der Waals surface area contributed by atoms with Crippen LogP contribution in [-0.2, 0) is 9.05 Å². The molecule has 0 aliphatic heterocycles. The number of hydrogen-bond acceptors (Lipinski definition) is 4. The molecule has 2 aliphatic rings. The first-order valence-corrected chi connectivity index (χ1v) is 9.58. The molecule has 0 atom stereocenters. The molecule has 0 saturated heterocycles. The number of aromatic amines is 1. The van der Waals surface area contributed by atoms with E-state index in [2.05, 4.69) is 10.2 Å². The van der Waals surface area contributed by atoms with Crippen LogP contribution in [0.1, 0.15) is 61.1 Å². The molecule has 0 spiro atoms. The number of aromatic nitrogens is 2. The maximum atomic E-state index is 12.7. The van der Waals surface area contributed by atoms with E-state index in [9.17, 15) is 13.2 Å². The summed E-state index contributed by atoms with van der Waals surface area (Å²) in [6.07, 6.45) is 4.56. The fraction of sp³-hybridized carbons (Fsp3) is 0.692. The van der Waals surface area contributed by atoms with Crippen molar-refractivity contribution < 1.29 is 13.2 Å². The molecule has 1 N–H and O–H groups in total. The van der Waals surface area contributed by atoms with Crippen LogP contribution in [0.3, 0.4) is 0 Å². The lowest BCUT2D eigenvalue weighted by atomic mass is 10.2. The quantitative estimate of drug-likeness (QED) is 0.810. The third kappa shape index (κ3) is 2.94. The van der Waals surface area contributed by atoms with Crippen LogP contribution < -0.4 is 0 Å². The Balaban J connectivity index is 1.99. The summed E-state index contributed by atoms with van der Waals surface area (Å²) in [5.41, 5.74) is 0.438. The van der Waals surface area contributed by atoms with Gasteiger partial charge in [0.05, 0.1) is 5.69 Å². The summed E-state index contributed by atoms with van der Waals surface area (Å²) in [5, 5.41) is 6.70. The van der Waals surface area contributed by atoms with E-state index in [1.165, 1.54) is 0 Å². The van der Waals surface area contributed by atoms with E-state index in [-0.39, 0.29) is 28.5 Å². The van der Waals surface area contributed by atoms with Gasteiger partial charge in [-0.2, -0.15) is 5.10 Å². The number of hydrogen-bond donors (Lipinski definition) is 1. The van der Waals surface area contributed by atoms with Gasteiger partial charge in [0.1, 0.15) is 4.90 Å². The van der Waals surface area contributed by atoms with Crippen molar-refractivity contribution in [3.63, 3.8) is 0 Å². The number of halogens is 1. The number of nitrogens with one attached hydrogen (secondary N) is 1. The molecule has 1 amide bonds. The molecule has 0 radical (unpaired) electrons. The predicted molar refractivity (Wildman–Crippen MR) is 78.0 cm³/mol. The van der Waals surface area contributed by atoms with Gasteiger partial charge in [0, 0.05) is 29.2 Å². The van der Waals surface area contributed by atoms with E-state index in [0.717, 1.165) is 32.1 Å². The Morgan fingerprint density at radius 3 is 2.52 bits per heavy atom. The van der Waals surface area contributed by atoms with Gasteiger partial charge in [-0.1, -0.05) is 6.92 Å². The minimum absolute atomic E-state index is 0.0488. The number of rotatable bonds is 6. The van der Waals surface area contributed by atoms with E-state index < -0.39 is 9.05 Å².